The van der Waals surface area contributed by atoms with E-state index in [-0.39, 0.29) is 18.2 Å². The van der Waals surface area contributed by atoms with Crippen LogP contribution in [-0.4, -0.2) is 26.6 Å². The number of carbonyl (C=O) groups is 1. The molecular weight excluding hydrogens is 391 g/mol. The summed E-state index contributed by atoms with van der Waals surface area (Å²) in [5.41, 5.74) is 4.61. The number of anilines is 1. The fourth-order valence-corrected chi connectivity index (χ4v) is 4.70. The predicted octanol–water partition coefficient (Wildman–Crippen LogP) is 4.17. The second-order valence-corrected chi connectivity index (χ2v) is 9.34. The van der Waals surface area contributed by atoms with Crippen LogP contribution in [0.1, 0.15) is 48.6 Å². The van der Waals surface area contributed by atoms with Crippen LogP contribution >= 0.6 is 0 Å². The Morgan fingerprint density at radius 3 is 2.14 bits per heavy atom. The van der Waals surface area contributed by atoms with Crippen molar-refractivity contribution in [3.63, 3.8) is 0 Å². The molecule has 0 aliphatic carbocycles. The number of hydrogen-bond acceptors (Lipinski definition) is 3. The Bertz CT molecular complexity index is 988. The van der Waals surface area contributed by atoms with Crippen LogP contribution in [0.4, 0.5) is 10.1 Å². The third kappa shape index (κ3) is 5.35. The highest BCUT2D eigenvalue weighted by atomic mass is 32.2. The van der Waals surface area contributed by atoms with E-state index in [1.54, 1.807) is 6.92 Å². The molecule has 2 atom stereocenters. The molecular formula is C22H29FN2O3S. The number of sulfonamides is 1. The lowest BCUT2D eigenvalue weighted by atomic mass is 9.96. The molecule has 158 valence electrons. The fraction of sp³-hybridized carbons (Fsp3) is 0.409. The molecule has 5 nitrogen and oxygen atoms in total. The molecule has 0 bridgehead atoms. The standard InChI is InChI=1S/C22H29FN2O3S/c1-7-21(25(29(6,27)28)19-10-8-18(23)9-11-19)22(26)24-17(5)20-13-15(3)14(2)12-16(20)4/h8-13,17,21H,7H2,1-6H3,(H,24,26)/t17-,21+/m1/s1. The van der Waals surface area contributed by atoms with Gasteiger partial charge in [0.1, 0.15) is 11.9 Å². The zero-order chi connectivity index (χ0) is 21.9. The highest BCUT2D eigenvalue weighted by Crippen LogP contribution is 2.25. The number of amides is 1. The summed E-state index contributed by atoms with van der Waals surface area (Å²) >= 11 is 0. The van der Waals surface area contributed by atoms with Crippen LogP contribution in [0.15, 0.2) is 36.4 Å². The zero-order valence-electron chi connectivity index (χ0n) is 17.8. The van der Waals surface area contributed by atoms with Crippen molar-refractivity contribution in [3.8, 4) is 0 Å². The number of rotatable bonds is 7. The summed E-state index contributed by atoms with van der Waals surface area (Å²) in [6, 6.07) is 7.98. The highest BCUT2D eigenvalue weighted by molar-refractivity contribution is 7.92. The number of benzene rings is 2. The third-order valence-electron chi connectivity index (χ3n) is 5.12. The number of carbonyl (C=O) groups excluding carboxylic acids is 1. The van der Waals surface area contributed by atoms with Crippen LogP contribution in [0.3, 0.4) is 0 Å². The summed E-state index contributed by atoms with van der Waals surface area (Å²) in [5.74, 6) is -0.870. The molecule has 0 unspecified atom stereocenters. The SMILES string of the molecule is CC[C@@H](C(=O)N[C@H](C)c1cc(C)c(C)cc1C)N(c1ccc(F)cc1)S(C)(=O)=O. The second-order valence-electron chi connectivity index (χ2n) is 7.48. The average Bonchev–Trinajstić information content (AvgIpc) is 2.62. The Balaban J connectivity index is 2.34. The molecule has 1 amide bonds. The molecule has 2 aromatic carbocycles. The quantitative estimate of drug-likeness (QED) is 0.731. The Morgan fingerprint density at radius 2 is 1.62 bits per heavy atom. The summed E-state index contributed by atoms with van der Waals surface area (Å²) in [6.45, 7) is 9.67. The molecule has 29 heavy (non-hydrogen) atoms. The Morgan fingerprint density at radius 1 is 1.07 bits per heavy atom. The van der Waals surface area contributed by atoms with Crippen molar-refractivity contribution in [2.24, 2.45) is 0 Å². The topological polar surface area (TPSA) is 66.5 Å². The van der Waals surface area contributed by atoms with Gasteiger partial charge in [-0.05, 0) is 80.6 Å². The Kier molecular flexibility index (Phi) is 7.06. The number of hydrogen-bond donors (Lipinski definition) is 1. The maximum atomic E-state index is 13.3. The van der Waals surface area contributed by atoms with Gasteiger partial charge in [0.05, 0.1) is 18.0 Å². The zero-order valence-corrected chi connectivity index (χ0v) is 18.6. The van der Waals surface area contributed by atoms with Gasteiger partial charge in [0.15, 0.2) is 0 Å². The van der Waals surface area contributed by atoms with Crippen LogP contribution in [0.5, 0.6) is 0 Å². The average molecular weight is 421 g/mol. The van der Waals surface area contributed by atoms with E-state index >= 15 is 0 Å². The van der Waals surface area contributed by atoms with Crippen molar-refractivity contribution < 1.29 is 17.6 Å². The first-order chi connectivity index (χ1) is 13.5. The van der Waals surface area contributed by atoms with Gasteiger partial charge in [-0.1, -0.05) is 19.1 Å². The first kappa shape index (κ1) is 22.9. The summed E-state index contributed by atoms with van der Waals surface area (Å²) in [7, 11) is -3.76. The minimum Gasteiger partial charge on any atom is -0.348 e. The minimum atomic E-state index is -3.76. The van der Waals surface area contributed by atoms with Crippen molar-refractivity contribution in [1.82, 2.24) is 5.32 Å². The van der Waals surface area contributed by atoms with Crippen LogP contribution in [0, 0.1) is 26.6 Å². The van der Waals surface area contributed by atoms with Gasteiger partial charge in [0.25, 0.3) is 0 Å². The lowest BCUT2D eigenvalue weighted by Gasteiger charge is -2.31. The van der Waals surface area contributed by atoms with Gasteiger partial charge in [-0.25, -0.2) is 12.8 Å². The molecule has 0 aliphatic heterocycles. The molecule has 0 saturated heterocycles. The number of halogens is 1. The second kappa shape index (κ2) is 8.95. The molecule has 0 heterocycles. The molecule has 2 aromatic rings. The minimum absolute atomic E-state index is 0.255. The molecule has 0 aromatic heterocycles. The van der Waals surface area contributed by atoms with Crippen LogP contribution < -0.4 is 9.62 Å². The highest BCUT2D eigenvalue weighted by Gasteiger charge is 2.32. The van der Waals surface area contributed by atoms with Gasteiger partial charge in [0.2, 0.25) is 15.9 Å². The van der Waals surface area contributed by atoms with E-state index in [0.717, 1.165) is 27.3 Å². The van der Waals surface area contributed by atoms with Gasteiger partial charge < -0.3 is 5.32 Å². The lowest BCUT2D eigenvalue weighted by molar-refractivity contribution is -0.122. The van der Waals surface area contributed by atoms with E-state index in [2.05, 4.69) is 11.4 Å². The number of aryl methyl sites for hydroxylation is 3. The van der Waals surface area contributed by atoms with Gasteiger partial charge >= 0.3 is 0 Å². The third-order valence-corrected chi connectivity index (χ3v) is 6.30. The normalized spacial score (nSPS) is 13.6. The molecule has 2 rings (SSSR count). The summed E-state index contributed by atoms with van der Waals surface area (Å²) < 4.78 is 39.3. The predicted molar refractivity (Wildman–Crippen MR) is 115 cm³/mol. The fourth-order valence-electron chi connectivity index (χ4n) is 3.48. The van der Waals surface area contributed by atoms with Crippen molar-refractivity contribution in [3.05, 3.63) is 64.5 Å². The summed E-state index contributed by atoms with van der Waals surface area (Å²) in [6.07, 6.45) is 1.32. The van der Waals surface area contributed by atoms with E-state index < -0.39 is 27.8 Å². The van der Waals surface area contributed by atoms with Crippen molar-refractivity contribution in [1.29, 1.82) is 0 Å². The van der Waals surface area contributed by atoms with Crippen LogP contribution in [-0.2, 0) is 14.8 Å². The van der Waals surface area contributed by atoms with Crippen molar-refractivity contribution in [2.45, 2.75) is 53.1 Å². The van der Waals surface area contributed by atoms with Gasteiger partial charge in [0, 0.05) is 0 Å². The van der Waals surface area contributed by atoms with Crippen molar-refractivity contribution >= 4 is 21.6 Å². The van der Waals surface area contributed by atoms with Crippen LogP contribution in [0.2, 0.25) is 0 Å². The monoisotopic (exact) mass is 420 g/mol. The van der Waals surface area contributed by atoms with E-state index in [4.69, 9.17) is 0 Å². The molecule has 0 spiro atoms. The Hall–Kier alpha value is -2.41. The van der Waals surface area contributed by atoms with Crippen LogP contribution in [0.25, 0.3) is 0 Å². The smallest absolute Gasteiger partial charge is 0.244 e. The summed E-state index contributed by atoms with van der Waals surface area (Å²) in [5, 5.41) is 2.95. The van der Waals surface area contributed by atoms with Crippen molar-refractivity contribution in [2.75, 3.05) is 10.6 Å². The van der Waals surface area contributed by atoms with Gasteiger partial charge in [-0.15, -0.1) is 0 Å². The Labute approximate surface area is 173 Å². The molecule has 0 saturated carbocycles. The van der Waals surface area contributed by atoms with Gasteiger partial charge in [-0.3, -0.25) is 9.10 Å². The molecule has 0 radical (unpaired) electrons. The molecule has 7 heteroatoms. The van der Waals surface area contributed by atoms with E-state index in [9.17, 15) is 17.6 Å². The van der Waals surface area contributed by atoms with E-state index in [0.29, 0.717) is 0 Å². The van der Waals surface area contributed by atoms with Gasteiger partial charge in [-0.2, -0.15) is 0 Å². The largest absolute Gasteiger partial charge is 0.348 e. The first-order valence-corrected chi connectivity index (χ1v) is 11.4. The van der Waals surface area contributed by atoms with E-state index in [1.807, 2.05) is 33.8 Å². The van der Waals surface area contributed by atoms with E-state index in [1.165, 1.54) is 29.8 Å². The maximum absolute atomic E-state index is 13.3. The molecule has 0 aliphatic rings. The lowest BCUT2D eigenvalue weighted by Crippen LogP contribution is -2.49. The number of nitrogens with one attached hydrogen (secondary N) is 1. The molecule has 1 N–H and O–H groups in total. The molecule has 0 fully saturated rings. The maximum Gasteiger partial charge on any atom is 0.244 e. The number of nitrogens with zero attached hydrogens (tertiary/aromatic N) is 1. The first-order valence-electron chi connectivity index (χ1n) is 9.58. The summed E-state index contributed by atoms with van der Waals surface area (Å²) in [4.78, 5) is 13.1.